The number of rotatable bonds is 6. The second-order valence-corrected chi connectivity index (χ2v) is 4.71. The molecule has 2 unspecified atom stereocenters. The molecule has 0 radical (unpaired) electrons. The van der Waals surface area contributed by atoms with Crippen molar-refractivity contribution in [2.75, 3.05) is 13.1 Å². The topological polar surface area (TPSA) is 77.8 Å². The van der Waals surface area contributed by atoms with E-state index in [-0.39, 0.29) is 19.1 Å². The first-order valence-electron chi connectivity index (χ1n) is 6.22. The normalized spacial score (nSPS) is 24.8. The molecule has 5 nitrogen and oxygen atoms in total. The predicted molar refractivity (Wildman–Crippen MR) is 62.9 cm³/mol. The zero-order chi connectivity index (χ0) is 12.8. The van der Waals surface area contributed by atoms with E-state index in [1.54, 1.807) is 4.90 Å². The number of carboxylic acids is 2. The monoisotopic (exact) mass is 243 g/mol. The molecule has 1 fully saturated rings. The summed E-state index contributed by atoms with van der Waals surface area (Å²) in [5.41, 5.74) is 0. The van der Waals surface area contributed by atoms with Gasteiger partial charge in [-0.2, -0.15) is 0 Å². The summed E-state index contributed by atoms with van der Waals surface area (Å²) in [7, 11) is 0. The van der Waals surface area contributed by atoms with Gasteiger partial charge >= 0.3 is 11.9 Å². The Bertz CT molecular complexity index is 264. The smallest absolute Gasteiger partial charge is 0.317 e. The lowest BCUT2D eigenvalue weighted by atomic mass is 9.82. The van der Waals surface area contributed by atoms with Crippen molar-refractivity contribution in [3.63, 3.8) is 0 Å². The molecule has 2 atom stereocenters. The average molecular weight is 243 g/mol. The van der Waals surface area contributed by atoms with Crippen molar-refractivity contribution in [3.05, 3.63) is 0 Å². The molecule has 0 aromatic heterocycles. The van der Waals surface area contributed by atoms with Crippen molar-refractivity contribution in [3.8, 4) is 0 Å². The zero-order valence-electron chi connectivity index (χ0n) is 10.3. The molecular formula is C12H21NO4. The fraction of sp³-hybridized carbons (Fsp3) is 0.833. The Morgan fingerprint density at radius 1 is 1.12 bits per heavy atom. The molecule has 2 N–H and O–H groups in total. The van der Waals surface area contributed by atoms with Crippen LogP contribution in [-0.4, -0.2) is 46.2 Å². The minimum Gasteiger partial charge on any atom is -0.480 e. The molecule has 1 saturated carbocycles. The molecule has 0 bridgehead atoms. The maximum atomic E-state index is 10.8. The van der Waals surface area contributed by atoms with Gasteiger partial charge in [0.2, 0.25) is 0 Å². The Labute approximate surface area is 101 Å². The van der Waals surface area contributed by atoms with E-state index in [9.17, 15) is 9.59 Å². The summed E-state index contributed by atoms with van der Waals surface area (Å²) >= 11 is 0. The summed E-state index contributed by atoms with van der Waals surface area (Å²) in [4.78, 5) is 23.2. The molecule has 0 aromatic carbocycles. The van der Waals surface area contributed by atoms with E-state index in [1.165, 1.54) is 6.42 Å². The molecule has 0 aromatic rings. The van der Waals surface area contributed by atoms with Gasteiger partial charge in [-0.15, -0.1) is 0 Å². The van der Waals surface area contributed by atoms with Gasteiger partial charge in [0.1, 0.15) is 0 Å². The van der Waals surface area contributed by atoms with E-state index in [4.69, 9.17) is 10.2 Å². The van der Waals surface area contributed by atoms with Crippen LogP contribution >= 0.6 is 0 Å². The number of hydrogen-bond acceptors (Lipinski definition) is 3. The van der Waals surface area contributed by atoms with Crippen LogP contribution in [0.5, 0.6) is 0 Å². The second kappa shape index (κ2) is 6.59. The third-order valence-electron chi connectivity index (χ3n) is 3.54. The van der Waals surface area contributed by atoms with Crippen molar-refractivity contribution in [1.29, 1.82) is 0 Å². The number of nitrogens with zero attached hydrogens (tertiary/aromatic N) is 1. The molecule has 0 heterocycles. The lowest BCUT2D eigenvalue weighted by Gasteiger charge is -2.38. The number of aliphatic carboxylic acids is 2. The second-order valence-electron chi connectivity index (χ2n) is 4.71. The SMILES string of the molecule is CCC1CCCCC1N(CC(=O)O)CC(=O)O. The van der Waals surface area contributed by atoms with E-state index < -0.39 is 11.9 Å². The Hall–Kier alpha value is -1.10. The maximum absolute atomic E-state index is 10.8. The van der Waals surface area contributed by atoms with E-state index in [1.807, 2.05) is 0 Å². The highest BCUT2D eigenvalue weighted by molar-refractivity contribution is 5.72. The van der Waals surface area contributed by atoms with Gasteiger partial charge in [0.15, 0.2) is 0 Å². The predicted octanol–water partition coefficient (Wildman–Crippen LogP) is 1.43. The van der Waals surface area contributed by atoms with Crippen molar-refractivity contribution >= 4 is 11.9 Å². The molecule has 0 saturated heterocycles. The van der Waals surface area contributed by atoms with E-state index in [2.05, 4.69) is 6.92 Å². The highest BCUT2D eigenvalue weighted by Crippen LogP contribution is 2.30. The zero-order valence-corrected chi connectivity index (χ0v) is 10.3. The minimum absolute atomic E-state index is 0.112. The van der Waals surface area contributed by atoms with Crippen LogP contribution in [0.15, 0.2) is 0 Å². The van der Waals surface area contributed by atoms with Gasteiger partial charge in [-0.05, 0) is 18.8 Å². The van der Waals surface area contributed by atoms with Crippen molar-refractivity contribution < 1.29 is 19.8 Å². The molecule has 0 aliphatic heterocycles. The van der Waals surface area contributed by atoms with Crippen molar-refractivity contribution in [2.45, 2.75) is 45.1 Å². The molecular weight excluding hydrogens is 222 g/mol. The molecule has 5 heteroatoms. The van der Waals surface area contributed by atoms with Gasteiger partial charge in [-0.1, -0.05) is 26.2 Å². The first-order valence-corrected chi connectivity index (χ1v) is 6.22. The first kappa shape index (κ1) is 14.0. The summed E-state index contributed by atoms with van der Waals surface area (Å²) < 4.78 is 0. The number of hydrogen-bond donors (Lipinski definition) is 2. The Morgan fingerprint density at radius 3 is 2.12 bits per heavy atom. The lowest BCUT2D eigenvalue weighted by Crippen LogP contribution is -2.47. The summed E-state index contributed by atoms with van der Waals surface area (Å²) in [5.74, 6) is -1.47. The van der Waals surface area contributed by atoms with Crippen LogP contribution < -0.4 is 0 Å². The van der Waals surface area contributed by atoms with Crippen molar-refractivity contribution in [2.24, 2.45) is 5.92 Å². The molecule has 1 rings (SSSR count). The van der Waals surface area contributed by atoms with Crippen LogP contribution in [0.2, 0.25) is 0 Å². The summed E-state index contributed by atoms with van der Waals surface area (Å²) in [6.45, 7) is 1.74. The van der Waals surface area contributed by atoms with Crippen LogP contribution in [0.4, 0.5) is 0 Å². The fourth-order valence-corrected chi connectivity index (χ4v) is 2.78. The van der Waals surface area contributed by atoms with Crippen LogP contribution in [0.3, 0.4) is 0 Å². The van der Waals surface area contributed by atoms with Gasteiger partial charge in [-0.25, -0.2) is 0 Å². The lowest BCUT2D eigenvalue weighted by molar-refractivity contribution is -0.143. The quantitative estimate of drug-likeness (QED) is 0.737. The Kier molecular flexibility index (Phi) is 5.41. The third-order valence-corrected chi connectivity index (χ3v) is 3.54. The van der Waals surface area contributed by atoms with Gasteiger partial charge in [0.05, 0.1) is 13.1 Å². The van der Waals surface area contributed by atoms with Gasteiger partial charge in [0.25, 0.3) is 0 Å². The van der Waals surface area contributed by atoms with Crippen molar-refractivity contribution in [1.82, 2.24) is 4.90 Å². The Balaban J connectivity index is 2.71. The summed E-state index contributed by atoms with van der Waals surface area (Å²) in [6, 6.07) is 0.112. The first-order chi connectivity index (χ1) is 8.04. The number of carboxylic acid groups (broad SMARTS) is 2. The van der Waals surface area contributed by atoms with Gasteiger partial charge < -0.3 is 10.2 Å². The average Bonchev–Trinajstić information content (AvgIpc) is 2.27. The number of carbonyl (C=O) groups is 2. The van der Waals surface area contributed by atoms with Gasteiger partial charge in [-0.3, -0.25) is 14.5 Å². The van der Waals surface area contributed by atoms with Crippen LogP contribution in [0.1, 0.15) is 39.0 Å². The standard InChI is InChI=1S/C12H21NO4/c1-2-9-5-3-4-6-10(9)13(7-11(14)15)8-12(16)17/h9-10H,2-8H2,1H3,(H,14,15)(H,16,17). The Morgan fingerprint density at radius 2 is 1.65 bits per heavy atom. The molecule has 98 valence electrons. The van der Waals surface area contributed by atoms with Gasteiger partial charge in [0, 0.05) is 6.04 Å². The highest BCUT2D eigenvalue weighted by Gasteiger charge is 2.31. The minimum atomic E-state index is -0.952. The molecule has 0 spiro atoms. The molecule has 0 amide bonds. The van der Waals surface area contributed by atoms with E-state index >= 15 is 0 Å². The maximum Gasteiger partial charge on any atom is 0.317 e. The largest absolute Gasteiger partial charge is 0.480 e. The fourth-order valence-electron chi connectivity index (χ4n) is 2.78. The van der Waals surface area contributed by atoms with E-state index in [0.29, 0.717) is 5.92 Å². The highest BCUT2D eigenvalue weighted by atomic mass is 16.4. The van der Waals surface area contributed by atoms with Crippen LogP contribution in [0.25, 0.3) is 0 Å². The van der Waals surface area contributed by atoms with E-state index in [0.717, 1.165) is 25.7 Å². The molecule has 17 heavy (non-hydrogen) atoms. The van der Waals surface area contributed by atoms with Crippen LogP contribution in [0, 0.1) is 5.92 Å². The summed E-state index contributed by atoms with van der Waals surface area (Å²) in [6.07, 6.45) is 5.22. The van der Waals surface area contributed by atoms with Crippen LogP contribution in [-0.2, 0) is 9.59 Å². The third kappa shape index (κ3) is 4.34. The molecule has 1 aliphatic carbocycles. The molecule has 1 aliphatic rings. The summed E-state index contributed by atoms with van der Waals surface area (Å²) in [5, 5.41) is 17.7.